The molecule has 1 aromatic rings. The Hall–Kier alpha value is -0.800. The molecule has 0 saturated heterocycles. The average molecular weight is 318 g/mol. The van der Waals surface area contributed by atoms with Gasteiger partial charge in [-0.15, -0.1) is 0 Å². The highest BCUT2D eigenvalue weighted by Crippen LogP contribution is 2.43. The summed E-state index contributed by atoms with van der Waals surface area (Å²) in [5.41, 5.74) is -0.420. The van der Waals surface area contributed by atoms with Crippen molar-refractivity contribution in [1.82, 2.24) is 0 Å². The molecule has 1 N–H and O–H groups in total. The summed E-state index contributed by atoms with van der Waals surface area (Å²) in [5, 5.41) is 10.5. The van der Waals surface area contributed by atoms with Crippen LogP contribution in [0.3, 0.4) is 0 Å². The summed E-state index contributed by atoms with van der Waals surface area (Å²) < 4.78 is 14.5. The van der Waals surface area contributed by atoms with Gasteiger partial charge in [-0.05, 0) is 41.1 Å². The number of aromatic hydroxyl groups is 1. The zero-order valence-corrected chi connectivity index (χ0v) is 11.5. The summed E-state index contributed by atoms with van der Waals surface area (Å²) in [6, 6.07) is 3.18. The van der Waals surface area contributed by atoms with Gasteiger partial charge in [0, 0.05) is 16.0 Å². The van der Waals surface area contributed by atoms with Gasteiger partial charge in [-0.25, -0.2) is 4.39 Å². The van der Waals surface area contributed by atoms with Crippen molar-refractivity contribution < 1.29 is 9.50 Å². The Morgan fingerprint density at radius 3 is 2.76 bits per heavy atom. The van der Waals surface area contributed by atoms with Crippen LogP contribution in [0.15, 0.2) is 40.9 Å². The van der Waals surface area contributed by atoms with Gasteiger partial charge < -0.3 is 5.11 Å². The third-order valence-electron chi connectivity index (χ3n) is 3.02. The number of allylic oxidation sites excluding steroid dienone is 4. The largest absolute Gasteiger partial charge is 0.506 e. The number of hydrogen-bond acceptors (Lipinski definition) is 1. The van der Waals surface area contributed by atoms with Gasteiger partial charge >= 0.3 is 0 Å². The SMILES string of the molecule is CC1(c2cc(Cl)cc(Br)c2O)C=CC=CC1F. The van der Waals surface area contributed by atoms with Crippen molar-refractivity contribution in [1.29, 1.82) is 0 Å². The minimum absolute atomic E-state index is 0.0273. The van der Waals surface area contributed by atoms with Crippen LogP contribution in [-0.4, -0.2) is 11.3 Å². The molecule has 2 unspecified atom stereocenters. The number of phenols is 1. The van der Waals surface area contributed by atoms with E-state index in [1.807, 2.05) is 0 Å². The van der Waals surface area contributed by atoms with Crippen LogP contribution in [0.25, 0.3) is 0 Å². The maximum Gasteiger partial charge on any atom is 0.134 e. The van der Waals surface area contributed by atoms with E-state index in [-0.39, 0.29) is 5.75 Å². The molecule has 1 aliphatic carbocycles. The van der Waals surface area contributed by atoms with Gasteiger partial charge in [0.15, 0.2) is 0 Å². The van der Waals surface area contributed by atoms with E-state index < -0.39 is 11.6 Å². The van der Waals surface area contributed by atoms with Gasteiger partial charge in [0.1, 0.15) is 11.9 Å². The highest BCUT2D eigenvalue weighted by molar-refractivity contribution is 9.10. The number of halogens is 3. The predicted octanol–water partition coefficient (Wildman–Crippen LogP) is 4.53. The van der Waals surface area contributed by atoms with E-state index in [2.05, 4.69) is 15.9 Å². The first-order valence-corrected chi connectivity index (χ1v) is 6.31. The van der Waals surface area contributed by atoms with Crippen LogP contribution in [-0.2, 0) is 5.41 Å². The van der Waals surface area contributed by atoms with E-state index in [1.165, 1.54) is 6.08 Å². The average Bonchev–Trinajstić information content (AvgIpc) is 2.27. The molecular formula is C13H11BrClFO. The molecule has 0 amide bonds. The van der Waals surface area contributed by atoms with Crippen molar-refractivity contribution >= 4 is 27.5 Å². The number of hydrogen-bond donors (Lipinski definition) is 1. The number of benzene rings is 1. The first-order chi connectivity index (χ1) is 7.95. The maximum absolute atomic E-state index is 14.1. The fourth-order valence-corrected chi connectivity index (χ4v) is 2.73. The molecule has 0 radical (unpaired) electrons. The predicted molar refractivity (Wildman–Crippen MR) is 71.3 cm³/mol. The maximum atomic E-state index is 14.1. The van der Waals surface area contributed by atoms with Crippen LogP contribution >= 0.6 is 27.5 Å². The lowest BCUT2D eigenvalue weighted by Gasteiger charge is -2.31. The highest BCUT2D eigenvalue weighted by Gasteiger charge is 2.36. The van der Waals surface area contributed by atoms with Gasteiger partial charge in [-0.2, -0.15) is 0 Å². The van der Waals surface area contributed by atoms with E-state index >= 15 is 0 Å². The number of rotatable bonds is 1. The monoisotopic (exact) mass is 316 g/mol. The molecule has 0 bridgehead atoms. The molecule has 90 valence electrons. The van der Waals surface area contributed by atoms with E-state index in [9.17, 15) is 9.50 Å². The molecular weight excluding hydrogens is 306 g/mol. The highest BCUT2D eigenvalue weighted by atomic mass is 79.9. The fourth-order valence-electron chi connectivity index (χ4n) is 1.92. The zero-order chi connectivity index (χ0) is 12.6. The van der Waals surface area contributed by atoms with Crippen molar-refractivity contribution in [2.24, 2.45) is 0 Å². The molecule has 0 aliphatic heterocycles. The van der Waals surface area contributed by atoms with Crippen LogP contribution in [0, 0.1) is 0 Å². The van der Waals surface area contributed by atoms with E-state index in [0.29, 0.717) is 15.1 Å². The Balaban J connectivity index is 2.61. The summed E-state index contributed by atoms with van der Waals surface area (Å²) in [5.74, 6) is 0.0273. The molecule has 0 spiro atoms. The van der Waals surface area contributed by atoms with Crippen molar-refractivity contribution in [2.75, 3.05) is 0 Å². The van der Waals surface area contributed by atoms with Gasteiger partial charge in [0.05, 0.1) is 4.47 Å². The van der Waals surface area contributed by atoms with Crippen molar-refractivity contribution in [3.63, 3.8) is 0 Å². The lowest BCUT2D eigenvalue weighted by atomic mass is 9.75. The minimum Gasteiger partial charge on any atom is -0.506 e. The second-order valence-electron chi connectivity index (χ2n) is 4.21. The molecule has 0 heterocycles. The second kappa shape index (κ2) is 4.46. The summed E-state index contributed by atoms with van der Waals surface area (Å²) in [7, 11) is 0. The summed E-state index contributed by atoms with van der Waals surface area (Å²) in [6.07, 6.45) is 5.43. The minimum atomic E-state index is -1.19. The first-order valence-electron chi connectivity index (χ1n) is 5.14. The van der Waals surface area contributed by atoms with Crippen LogP contribution < -0.4 is 0 Å². The van der Waals surface area contributed by atoms with Gasteiger partial charge in [0.2, 0.25) is 0 Å². The quantitative estimate of drug-likeness (QED) is 0.807. The molecule has 1 aliphatic rings. The Bertz CT molecular complexity index is 512. The lowest BCUT2D eigenvalue weighted by molar-refractivity contribution is 0.285. The Labute approximate surface area is 113 Å². The summed E-state index contributed by atoms with van der Waals surface area (Å²) >= 11 is 9.15. The van der Waals surface area contributed by atoms with E-state index in [0.717, 1.165) is 0 Å². The molecule has 17 heavy (non-hydrogen) atoms. The molecule has 1 nitrogen and oxygen atoms in total. The Kier molecular flexibility index (Phi) is 3.32. The third-order valence-corrected chi connectivity index (χ3v) is 3.84. The zero-order valence-electron chi connectivity index (χ0n) is 9.12. The van der Waals surface area contributed by atoms with Gasteiger partial charge in [-0.1, -0.05) is 29.8 Å². The molecule has 0 saturated carbocycles. The summed E-state index contributed by atoms with van der Waals surface area (Å²) in [6.45, 7) is 1.73. The van der Waals surface area contributed by atoms with Crippen LogP contribution in [0.1, 0.15) is 12.5 Å². The molecule has 2 rings (SSSR count). The second-order valence-corrected chi connectivity index (χ2v) is 5.50. The molecule has 4 heteroatoms. The first kappa shape index (κ1) is 12.7. The van der Waals surface area contributed by atoms with Crippen LogP contribution in [0.5, 0.6) is 5.75 Å². The van der Waals surface area contributed by atoms with E-state index in [4.69, 9.17) is 11.6 Å². The van der Waals surface area contributed by atoms with Crippen molar-refractivity contribution in [2.45, 2.75) is 18.5 Å². The van der Waals surface area contributed by atoms with Crippen molar-refractivity contribution in [3.05, 3.63) is 51.5 Å². The third kappa shape index (κ3) is 2.14. The molecule has 0 fully saturated rings. The van der Waals surface area contributed by atoms with Gasteiger partial charge in [-0.3, -0.25) is 0 Å². The standard InChI is InChI=1S/C13H11BrClFO/c1-13(5-3-2-4-11(13)16)9-6-8(15)7-10(14)12(9)17/h2-7,11,17H,1H3. The molecule has 1 aromatic carbocycles. The van der Waals surface area contributed by atoms with Gasteiger partial charge in [0.25, 0.3) is 0 Å². The Morgan fingerprint density at radius 2 is 2.12 bits per heavy atom. The number of phenolic OH excluding ortho intramolecular Hbond substituents is 1. The normalized spacial score (nSPS) is 27.4. The molecule has 2 atom stereocenters. The fraction of sp³-hybridized carbons (Fsp3) is 0.231. The molecule has 0 aromatic heterocycles. The smallest absolute Gasteiger partial charge is 0.134 e. The van der Waals surface area contributed by atoms with Crippen LogP contribution in [0.2, 0.25) is 5.02 Å². The van der Waals surface area contributed by atoms with Crippen LogP contribution in [0.4, 0.5) is 4.39 Å². The van der Waals surface area contributed by atoms with E-state index in [1.54, 1.807) is 37.3 Å². The Morgan fingerprint density at radius 1 is 1.41 bits per heavy atom. The topological polar surface area (TPSA) is 20.2 Å². The van der Waals surface area contributed by atoms with Crippen molar-refractivity contribution in [3.8, 4) is 5.75 Å². The lowest BCUT2D eigenvalue weighted by Crippen LogP contribution is -2.31. The number of alkyl halides is 1. The summed E-state index contributed by atoms with van der Waals surface area (Å²) in [4.78, 5) is 0.